The van der Waals surface area contributed by atoms with Gasteiger partial charge < -0.3 is 15.0 Å². The molecule has 2 aromatic rings. The molecule has 3 heterocycles. The molecular formula is C16H20N4O2. The number of rotatable bonds is 2. The molecule has 1 amide bonds. The number of fused-ring (bicyclic) bond motifs is 1. The first kappa shape index (κ1) is 13.6. The van der Waals surface area contributed by atoms with Crippen LogP contribution in [0.4, 0.5) is 4.79 Å². The van der Waals surface area contributed by atoms with E-state index in [4.69, 9.17) is 4.74 Å². The molecule has 2 saturated heterocycles. The van der Waals surface area contributed by atoms with Gasteiger partial charge in [0.2, 0.25) is 0 Å². The monoisotopic (exact) mass is 300 g/mol. The number of alkyl carbamates (subject to hydrolysis) is 1. The number of H-pyrrole nitrogens is 1. The van der Waals surface area contributed by atoms with Gasteiger partial charge in [0.15, 0.2) is 0 Å². The van der Waals surface area contributed by atoms with Gasteiger partial charge in [-0.05, 0) is 31.5 Å². The van der Waals surface area contributed by atoms with Gasteiger partial charge in [-0.2, -0.15) is 0 Å². The minimum Gasteiger partial charge on any atom is -0.441 e. The van der Waals surface area contributed by atoms with Crippen LogP contribution in [0.15, 0.2) is 24.3 Å². The summed E-state index contributed by atoms with van der Waals surface area (Å²) in [6, 6.07) is 8.09. The first-order valence-electron chi connectivity index (χ1n) is 7.85. The molecule has 4 rings (SSSR count). The Balaban J connectivity index is 1.44. The highest BCUT2D eigenvalue weighted by molar-refractivity contribution is 5.74. The molecule has 6 heteroatoms. The van der Waals surface area contributed by atoms with Gasteiger partial charge in [-0.15, -0.1) is 0 Å². The number of carbonyl (C=O) groups excluding carboxylic acids is 1. The molecule has 2 fully saturated rings. The lowest BCUT2D eigenvalue weighted by molar-refractivity contribution is 0.0442. The summed E-state index contributed by atoms with van der Waals surface area (Å²) >= 11 is 0. The van der Waals surface area contributed by atoms with Crippen LogP contribution in [0, 0.1) is 0 Å². The fourth-order valence-corrected chi connectivity index (χ4v) is 3.45. The molecule has 1 unspecified atom stereocenters. The Morgan fingerprint density at radius 3 is 3.00 bits per heavy atom. The summed E-state index contributed by atoms with van der Waals surface area (Å²) in [5.74, 6) is 0.999. The number of hydrogen-bond acceptors (Lipinski definition) is 4. The van der Waals surface area contributed by atoms with Crippen molar-refractivity contribution >= 4 is 17.1 Å². The van der Waals surface area contributed by atoms with Gasteiger partial charge in [0.05, 0.1) is 24.1 Å². The topological polar surface area (TPSA) is 70.2 Å². The number of ether oxygens (including phenoxy) is 1. The molecule has 2 N–H and O–H groups in total. The smallest absolute Gasteiger partial charge is 0.407 e. The summed E-state index contributed by atoms with van der Waals surface area (Å²) in [4.78, 5) is 21.8. The highest BCUT2D eigenvalue weighted by Crippen LogP contribution is 2.29. The van der Waals surface area contributed by atoms with E-state index >= 15 is 0 Å². The minimum absolute atomic E-state index is 0.272. The molecule has 1 spiro atoms. The molecule has 0 radical (unpaired) electrons. The average Bonchev–Trinajstić information content (AvgIpc) is 3.02. The van der Waals surface area contributed by atoms with Gasteiger partial charge in [0.1, 0.15) is 11.4 Å². The number of carbonyl (C=O) groups is 1. The fraction of sp³-hybridized carbons (Fsp3) is 0.500. The van der Waals surface area contributed by atoms with Crippen molar-refractivity contribution in [3.63, 3.8) is 0 Å². The maximum atomic E-state index is 11.3. The molecule has 1 aromatic carbocycles. The quantitative estimate of drug-likeness (QED) is 0.890. The van der Waals surface area contributed by atoms with Crippen molar-refractivity contribution in [3.8, 4) is 0 Å². The lowest BCUT2D eigenvalue weighted by atomic mass is 9.95. The molecule has 22 heavy (non-hydrogen) atoms. The van der Waals surface area contributed by atoms with E-state index in [1.54, 1.807) is 0 Å². The summed E-state index contributed by atoms with van der Waals surface area (Å²) in [5, 5.41) is 2.79. The van der Waals surface area contributed by atoms with Crippen LogP contribution in [0.5, 0.6) is 0 Å². The van der Waals surface area contributed by atoms with Crippen molar-refractivity contribution in [2.24, 2.45) is 0 Å². The third kappa shape index (κ3) is 2.54. The van der Waals surface area contributed by atoms with Gasteiger partial charge in [-0.25, -0.2) is 9.78 Å². The Hall–Kier alpha value is -2.08. The normalized spacial score (nSPS) is 26.1. The van der Waals surface area contributed by atoms with Crippen molar-refractivity contribution in [1.82, 2.24) is 20.2 Å². The summed E-state index contributed by atoms with van der Waals surface area (Å²) in [7, 11) is 0. The van der Waals surface area contributed by atoms with Crippen molar-refractivity contribution in [2.45, 2.75) is 31.4 Å². The molecule has 0 aliphatic carbocycles. The van der Waals surface area contributed by atoms with E-state index < -0.39 is 0 Å². The zero-order valence-corrected chi connectivity index (χ0v) is 12.5. The molecule has 116 valence electrons. The highest BCUT2D eigenvalue weighted by Gasteiger charge is 2.41. The van der Waals surface area contributed by atoms with E-state index in [1.165, 1.54) is 0 Å². The van der Waals surface area contributed by atoms with Crippen LogP contribution in [0.3, 0.4) is 0 Å². The van der Waals surface area contributed by atoms with E-state index in [9.17, 15) is 4.79 Å². The number of nitrogens with zero attached hydrogens (tertiary/aromatic N) is 2. The molecule has 6 nitrogen and oxygen atoms in total. The number of para-hydroxylation sites is 2. The zero-order chi connectivity index (χ0) is 15.0. The van der Waals surface area contributed by atoms with Crippen LogP contribution in [0.25, 0.3) is 11.0 Å². The maximum Gasteiger partial charge on any atom is 0.407 e. The summed E-state index contributed by atoms with van der Waals surface area (Å²) < 4.78 is 5.52. The Kier molecular flexibility index (Phi) is 3.26. The number of imidazole rings is 1. The number of amides is 1. The largest absolute Gasteiger partial charge is 0.441 e. The van der Waals surface area contributed by atoms with Gasteiger partial charge in [-0.3, -0.25) is 4.90 Å². The Morgan fingerprint density at radius 2 is 2.18 bits per heavy atom. The number of aromatic amines is 1. The third-order valence-electron chi connectivity index (χ3n) is 4.67. The van der Waals surface area contributed by atoms with Crippen molar-refractivity contribution in [3.05, 3.63) is 30.1 Å². The number of hydrogen-bond donors (Lipinski definition) is 2. The molecule has 2 aliphatic rings. The van der Waals surface area contributed by atoms with Crippen molar-refractivity contribution in [1.29, 1.82) is 0 Å². The first-order valence-corrected chi connectivity index (χ1v) is 7.85. The standard InChI is InChI=1S/C16H20N4O2/c21-15-17-11-16(22-15)6-3-8-20(9-7-16)10-14-18-12-4-1-2-5-13(12)19-14/h1-2,4-5H,3,6-11H2,(H,17,21)(H,18,19). The van der Waals surface area contributed by atoms with Crippen LogP contribution in [0.2, 0.25) is 0 Å². The van der Waals surface area contributed by atoms with Gasteiger partial charge in [0, 0.05) is 13.0 Å². The number of nitrogens with one attached hydrogen (secondary N) is 2. The minimum atomic E-state index is -0.292. The van der Waals surface area contributed by atoms with Crippen LogP contribution in [-0.2, 0) is 11.3 Å². The SMILES string of the molecule is O=C1NCC2(CCCN(Cc3nc4ccccc4[nH]3)CC2)O1. The molecular weight excluding hydrogens is 280 g/mol. The van der Waals surface area contributed by atoms with Gasteiger partial charge in [0.25, 0.3) is 0 Å². The van der Waals surface area contributed by atoms with E-state index in [0.717, 1.165) is 55.8 Å². The third-order valence-corrected chi connectivity index (χ3v) is 4.67. The van der Waals surface area contributed by atoms with Gasteiger partial charge >= 0.3 is 6.09 Å². The van der Waals surface area contributed by atoms with Gasteiger partial charge in [-0.1, -0.05) is 12.1 Å². The van der Waals surface area contributed by atoms with E-state index in [1.807, 2.05) is 24.3 Å². The van der Waals surface area contributed by atoms with E-state index in [-0.39, 0.29) is 11.7 Å². The van der Waals surface area contributed by atoms with E-state index in [0.29, 0.717) is 6.54 Å². The maximum absolute atomic E-state index is 11.3. The molecule has 1 aromatic heterocycles. The molecule has 0 saturated carbocycles. The van der Waals surface area contributed by atoms with E-state index in [2.05, 4.69) is 20.2 Å². The lowest BCUT2D eigenvalue weighted by Gasteiger charge is -2.24. The van der Waals surface area contributed by atoms with Crippen LogP contribution < -0.4 is 5.32 Å². The zero-order valence-electron chi connectivity index (χ0n) is 12.5. The van der Waals surface area contributed by atoms with Crippen LogP contribution >= 0.6 is 0 Å². The Bertz CT molecular complexity index is 665. The number of likely N-dealkylation sites (tertiary alicyclic amines) is 1. The Morgan fingerprint density at radius 1 is 1.27 bits per heavy atom. The predicted molar refractivity (Wildman–Crippen MR) is 82.4 cm³/mol. The molecule has 1 atom stereocenters. The second-order valence-corrected chi connectivity index (χ2v) is 6.26. The fourth-order valence-electron chi connectivity index (χ4n) is 3.45. The van der Waals surface area contributed by atoms with Crippen molar-refractivity contribution < 1.29 is 9.53 Å². The summed E-state index contributed by atoms with van der Waals surface area (Å²) in [6.45, 7) is 3.39. The Labute approximate surface area is 128 Å². The average molecular weight is 300 g/mol. The number of aromatic nitrogens is 2. The molecule has 2 aliphatic heterocycles. The van der Waals surface area contributed by atoms with Crippen LogP contribution in [-0.4, -0.2) is 46.2 Å². The van der Waals surface area contributed by atoms with Crippen molar-refractivity contribution in [2.75, 3.05) is 19.6 Å². The lowest BCUT2D eigenvalue weighted by Crippen LogP contribution is -2.34. The second kappa shape index (κ2) is 5.28. The number of benzene rings is 1. The predicted octanol–water partition coefficient (Wildman–Crippen LogP) is 2.03. The van der Waals surface area contributed by atoms with Crippen LogP contribution in [0.1, 0.15) is 25.1 Å². The highest BCUT2D eigenvalue weighted by atomic mass is 16.6. The second-order valence-electron chi connectivity index (χ2n) is 6.26. The first-order chi connectivity index (χ1) is 10.7. The molecule has 0 bridgehead atoms. The summed E-state index contributed by atoms with van der Waals surface area (Å²) in [5.41, 5.74) is 1.80. The summed E-state index contributed by atoms with van der Waals surface area (Å²) in [6.07, 6.45) is 2.58.